The molecule has 0 spiro atoms. The normalized spacial score (nSPS) is 15.9. The van der Waals surface area contributed by atoms with Gasteiger partial charge in [-0.25, -0.2) is 4.39 Å². The van der Waals surface area contributed by atoms with Crippen molar-refractivity contribution < 1.29 is 14.1 Å². The highest BCUT2D eigenvalue weighted by Gasteiger charge is 2.18. The summed E-state index contributed by atoms with van der Waals surface area (Å²) in [6.45, 7) is 0.873. The summed E-state index contributed by atoms with van der Waals surface area (Å²) in [5.74, 6) is -0.531. The van der Waals surface area contributed by atoms with Crippen molar-refractivity contribution >= 4 is 27.3 Å². The molecule has 0 aliphatic heterocycles. The standard InChI is InChI=1S/C14H18BrFN2O3/c15-11-8-14(18(19)20)13(9-12(11)16)17-6-7-21-10-4-2-1-3-5-10/h8-10,17H,1-7H2. The molecule has 1 fully saturated rings. The van der Waals surface area contributed by atoms with Crippen LogP contribution in [0.3, 0.4) is 0 Å². The van der Waals surface area contributed by atoms with E-state index in [0.29, 0.717) is 13.2 Å². The Hall–Kier alpha value is -1.21. The maximum Gasteiger partial charge on any atom is 0.293 e. The Balaban J connectivity index is 1.87. The van der Waals surface area contributed by atoms with Crippen LogP contribution in [0.5, 0.6) is 0 Å². The third kappa shape index (κ3) is 4.64. The molecular weight excluding hydrogens is 343 g/mol. The summed E-state index contributed by atoms with van der Waals surface area (Å²) in [4.78, 5) is 10.4. The number of rotatable bonds is 6. The van der Waals surface area contributed by atoms with Gasteiger partial charge in [0.15, 0.2) is 0 Å². The number of halogens is 2. The average molecular weight is 361 g/mol. The number of nitro benzene ring substituents is 1. The first kappa shape index (κ1) is 16.2. The Morgan fingerprint density at radius 1 is 1.38 bits per heavy atom. The summed E-state index contributed by atoms with van der Waals surface area (Å²) in [6, 6.07) is 2.29. The maximum absolute atomic E-state index is 13.5. The third-order valence-electron chi connectivity index (χ3n) is 3.56. The van der Waals surface area contributed by atoms with Crippen molar-refractivity contribution in [1.29, 1.82) is 0 Å². The molecule has 1 saturated carbocycles. The lowest BCUT2D eigenvalue weighted by atomic mass is 9.98. The van der Waals surface area contributed by atoms with Gasteiger partial charge in [-0.05, 0) is 28.8 Å². The Labute approximate surface area is 131 Å². The number of hydrogen-bond donors (Lipinski definition) is 1. The van der Waals surface area contributed by atoms with Crippen LogP contribution in [0.15, 0.2) is 16.6 Å². The van der Waals surface area contributed by atoms with Crippen molar-refractivity contribution in [3.63, 3.8) is 0 Å². The van der Waals surface area contributed by atoms with Gasteiger partial charge < -0.3 is 10.1 Å². The molecule has 0 radical (unpaired) electrons. The van der Waals surface area contributed by atoms with E-state index in [1.54, 1.807) is 0 Å². The summed E-state index contributed by atoms with van der Waals surface area (Å²) in [6.07, 6.45) is 6.10. The highest BCUT2D eigenvalue weighted by Crippen LogP contribution is 2.30. The predicted molar refractivity (Wildman–Crippen MR) is 82.1 cm³/mol. The van der Waals surface area contributed by atoms with Crippen LogP contribution in [-0.2, 0) is 4.74 Å². The van der Waals surface area contributed by atoms with Gasteiger partial charge in [0.2, 0.25) is 0 Å². The minimum atomic E-state index is -0.533. The Morgan fingerprint density at radius 2 is 2.10 bits per heavy atom. The number of nitrogens with one attached hydrogen (secondary N) is 1. The lowest BCUT2D eigenvalue weighted by Gasteiger charge is -2.22. The smallest absolute Gasteiger partial charge is 0.293 e. The lowest BCUT2D eigenvalue weighted by molar-refractivity contribution is -0.384. The van der Waals surface area contributed by atoms with Crippen LogP contribution in [0.1, 0.15) is 32.1 Å². The van der Waals surface area contributed by atoms with Crippen LogP contribution in [-0.4, -0.2) is 24.2 Å². The third-order valence-corrected chi connectivity index (χ3v) is 4.17. The van der Waals surface area contributed by atoms with Crippen molar-refractivity contribution in [3.8, 4) is 0 Å². The number of nitrogens with zero attached hydrogens (tertiary/aromatic N) is 1. The van der Waals surface area contributed by atoms with Crippen LogP contribution in [0.25, 0.3) is 0 Å². The molecule has 0 saturated heterocycles. The van der Waals surface area contributed by atoms with Crippen LogP contribution in [0, 0.1) is 15.9 Å². The minimum absolute atomic E-state index is 0.0817. The van der Waals surface area contributed by atoms with E-state index in [9.17, 15) is 14.5 Å². The van der Waals surface area contributed by atoms with E-state index in [1.165, 1.54) is 25.3 Å². The number of benzene rings is 1. The highest BCUT2D eigenvalue weighted by molar-refractivity contribution is 9.10. The first-order chi connectivity index (χ1) is 10.1. The van der Waals surface area contributed by atoms with Crippen LogP contribution < -0.4 is 5.32 Å². The molecule has 1 aromatic carbocycles. The number of nitro groups is 1. The zero-order chi connectivity index (χ0) is 15.2. The topological polar surface area (TPSA) is 64.4 Å². The summed E-state index contributed by atoms with van der Waals surface area (Å²) in [7, 11) is 0. The number of ether oxygens (including phenoxy) is 1. The largest absolute Gasteiger partial charge is 0.377 e. The maximum atomic E-state index is 13.5. The Morgan fingerprint density at radius 3 is 2.76 bits per heavy atom. The first-order valence-corrected chi connectivity index (χ1v) is 7.86. The molecule has 1 aromatic rings. The molecule has 0 amide bonds. The molecule has 0 heterocycles. The van der Waals surface area contributed by atoms with Crippen LogP contribution >= 0.6 is 15.9 Å². The first-order valence-electron chi connectivity index (χ1n) is 7.07. The Bertz CT molecular complexity index is 507. The molecule has 116 valence electrons. The number of hydrogen-bond acceptors (Lipinski definition) is 4. The quantitative estimate of drug-likeness (QED) is 0.467. The van der Waals surface area contributed by atoms with Crippen molar-refractivity contribution in [2.75, 3.05) is 18.5 Å². The fourth-order valence-electron chi connectivity index (χ4n) is 2.47. The van der Waals surface area contributed by atoms with Gasteiger partial charge in [0.1, 0.15) is 11.5 Å². The predicted octanol–water partition coefficient (Wildman–Crippen LogP) is 4.26. The molecule has 21 heavy (non-hydrogen) atoms. The van der Waals surface area contributed by atoms with Crippen LogP contribution in [0.4, 0.5) is 15.8 Å². The van der Waals surface area contributed by atoms with Crippen molar-refractivity contribution in [2.24, 2.45) is 0 Å². The van der Waals surface area contributed by atoms with E-state index >= 15 is 0 Å². The van der Waals surface area contributed by atoms with E-state index in [-0.39, 0.29) is 22.0 Å². The van der Waals surface area contributed by atoms with Crippen molar-refractivity contribution in [3.05, 3.63) is 32.5 Å². The van der Waals surface area contributed by atoms with Crippen molar-refractivity contribution in [2.45, 2.75) is 38.2 Å². The fourth-order valence-corrected chi connectivity index (χ4v) is 2.80. The van der Waals surface area contributed by atoms with Gasteiger partial charge in [-0.2, -0.15) is 0 Å². The lowest BCUT2D eigenvalue weighted by Crippen LogP contribution is -2.20. The molecule has 1 N–H and O–H groups in total. The zero-order valence-electron chi connectivity index (χ0n) is 11.6. The highest BCUT2D eigenvalue weighted by atomic mass is 79.9. The fraction of sp³-hybridized carbons (Fsp3) is 0.571. The molecule has 7 heteroatoms. The van der Waals surface area contributed by atoms with E-state index in [4.69, 9.17) is 4.74 Å². The average Bonchev–Trinajstić information content (AvgIpc) is 2.47. The molecule has 0 bridgehead atoms. The van der Waals surface area contributed by atoms with Gasteiger partial charge in [-0.15, -0.1) is 0 Å². The Kier molecular flexibility index (Phi) is 5.93. The van der Waals surface area contributed by atoms with Crippen molar-refractivity contribution in [1.82, 2.24) is 0 Å². The van der Waals surface area contributed by atoms with Gasteiger partial charge >= 0.3 is 0 Å². The van der Waals surface area contributed by atoms with Gasteiger partial charge in [0.25, 0.3) is 5.69 Å². The molecule has 5 nitrogen and oxygen atoms in total. The summed E-state index contributed by atoms with van der Waals surface area (Å²) in [5, 5.41) is 13.8. The molecule has 2 rings (SSSR count). The van der Waals surface area contributed by atoms with E-state index < -0.39 is 10.7 Å². The van der Waals surface area contributed by atoms with E-state index in [1.807, 2.05) is 0 Å². The molecule has 1 aliphatic rings. The molecular formula is C14H18BrFN2O3. The second-order valence-electron chi connectivity index (χ2n) is 5.10. The summed E-state index contributed by atoms with van der Waals surface area (Å²) >= 11 is 2.95. The second kappa shape index (κ2) is 7.70. The zero-order valence-corrected chi connectivity index (χ0v) is 13.2. The van der Waals surface area contributed by atoms with Crippen LogP contribution in [0.2, 0.25) is 0 Å². The molecule has 0 aromatic heterocycles. The van der Waals surface area contributed by atoms with E-state index in [0.717, 1.165) is 18.9 Å². The van der Waals surface area contributed by atoms with E-state index in [2.05, 4.69) is 21.2 Å². The number of anilines is 1. The molecule has 1 aliphatic carbocycles. The summed E-state index contributed by atoms with van der Waals surface area (Å²) in [5.41, 5.74) is 0.0221. The SMILES string of the molecule is O=[N+]([O-])c1cc(Br)c(F)cc1NCCOC1CCCCC1. The molecule has 0 atom stereocenters. The van der Waals surface area contributed by atoms with Gasteiger partial charge in [-0.1, -0.05) is 19.3 Å². The monoisotopic (exact) mass is 360 g/mol. The minimum Gasteiger partial charge on any atom is -0.377 e. The van der Waals surface area contributed by atoms with Gasteiger partial charge in [-0.3, -0.25) is 10.1 Å². The summed E-state index contributed by atoms with van der Waals surface area (Å²) < 4.78 is 19.3. The van der Waals surface area contributed by atoms with Gasteiger partial charge in [0, 0.05) is 18.7 Å². The van der Waals surface area contributed by atoms with Gasteiger partial charge in [0.05, 0.1) is 22.1 Å². The molecule has 0 unspecified atom stereocenters. The second-order valence-corrected chi connectivity index (χ2v) is 5.95.